The highest BCUT2D eigenvalue weighted by Crippen LogP contribution is 2.21. The lowest BCUT2D eigenvalue weighted by molar-refractivity contribution is -0.154. The number of para-hydroxylation sites is 1. The molecule has 10 heteroatoms. The molecule has 0 bridgehead atoms. The van der Waals surface area contributed by atoms with Gasteiger partial charge < -0.3 is 20.3 Å². The summed E-state index contributed by atoms with van der Waals surface area (Å²) in [4.78, 5) is 10.4. The predicted octanol–water partition coefficient (Wildman–Crippen LogP) is 3.58. The molecule has 0 saturated carbocycles. The van der Waals surface area contributed by atoms with Crippen molar-refractivity contribution >= 4 is 35.6 Å². The topological polar surface area (TPSA) is 61.8 Å². The monoisotopic (exact) mass is 535 g/mol. The molecule has 1 fully saturated rings. The first-order valence-electron chi connectivity index (χ1n) is 9.35. The average molecular weight is 535 g/mol. The molecule has 30 heavy (non-hydrogen) atoms. The summed E-state index contributed by atoms with van der Waals surface area (Å²) in [6.45, 7) is 0.658. The maximum absolute atomic E-state index is 12.4. The fraction of sp³-hybridized carbons (Fsp3) is 0.400. The predicted molar refractivity (Wildman–Crippen MR) is 122 cm³/mol. The van der Waals surface area contributed by atoms with Crippen molar-refractivity contribution in [1.29, 1.82) is 0 Å². The largest absolute Gasteiger partial charge is 0.468 e. The molecule has 0 amide bonds. The van der Waals surface area contributed by atoms with Crippen LogP contribution in [-0.2, 0) is 6.54 Å². The third-order valence-electron chi connectivity index (χ3n) is 4.54. The fourth-order valence-electron chi connectivity index (χ4n) is 3.16. The number of nitrogens with zero attached hydrogens (tertiary/aromatic N) is 3. The third kappa shape index (κ3) is 7.22. The van der Waals surface area contributed by atoms with E-state index in [1.807, 2.05) is 18.2 Å². The van der Waals surface area contributed by atoms with Gasteiger partial charge in [-0.2, -0.15) is 13.2 Å². The number of pyridine rings is 1. The van der Waals surface area contributed by atoms with Gasteiger partial charge in [0.05, 0.1) is 0 Å². The number of alkyl halides is 3. The highest BCUT2D eigenvalue weighted by Gasteiger charge is 2.29. The molecule has 1 saturated heterocycles. The Morgan fingerprint density at radius 3 is 2.70 bits per heavy atom. The second-order valence-corrected chi connectivity index (χ2v) is 6.71. The number of halogens is 4. The molecule has 2 heterocycles. The molecule has 2 aromatic rings. The first-order chi connectivity index (χ1) is 13.9. The van der Waals surface area contributed by atoms with Crippen molar-refractivity contribution in [3.63, 3.8) is 0 Å². The minimum atomic E-state index is -4.41. The van der Waals surface area contributed by atoms with Crippen LogP contribution in [0.25, 0.3) is 0 Å². The van der Waals surface area contributed by atoms with Crippen molar-refractivity contribution in [3.8, 4) is 5.88 Å². The highest BCUT2D eigenvalue weighted by atomic mass is 127. The molecule has 0 radical (unpaired) electrons. The molecule has 1 aromatic carbocycles. The van der Waals surface area contributed by atoms with E-state index in [2.05, 4.69) is 37.6 Å². The number of hydrogen-bond donors (Lipinski definition) is 2. The van der Waals surface area contributed by atoms with E-state index in [1.165, 1.54) is 11.9 Å². The van der Waals surface area contributed by atoms with Gasteiger partial charge in [0.15, 0.2) is 12.6 Å². The van der Waals surface area contributed by atoms with E-state index in [9.17, 15) is 13.2 Å². The molecule has 1 unspecified atom stereocenters. The zero-order valence-electron chi connectivity index (χ0n) is 16.5. The molecule has 1 aromatic heterocycles. The Hall–Kier alpha value is -2.24. The number of anilines is 1. The first-order valence-corrected chi connectivity index (χ1v) is 9.35. The second-order valence-electron chi connectivity index (χ2n) is 6.71. The molecule has 2 N–H and O–H groups in total. The van der Waals surface area contributed by atoms with E-state index in [0.717, 1.165) is 19.5 Å². The van der Waals surface area contributed by atoms with Gasteiger partial charge in [-0.05, 0) is 24.6 Å². The van der Waals surface area contributed by atoms with E-state index >= 15 is 0 Å². The molecular weight excluding hydrogens is 510 g/mol. The summed E-state index contributed by atoms with van der Waals surface area (Å²) in [5.41, 5.74) is 1.71. The van der Waals surface area contributed by atoms with Gasteiger partial charge in [0.25, 0.3) is 0 Å². The second kappa shape index (κ2) is 11.2. The summed E-state index contributed by atoms with van der Waals surface area (Å²) in [5, 5.41) is 6.49. The Labute approximate surface area is 190 Å². The van der Waals surface area contributed by atoms with Crippen molar-refractivity contribution in [2.75, 3.05) is 31.6 Å². The average Bonchev–Trinajstić information content (AvgIpc) is 3.19. The first kappa shape index (κ1) is 24.0. The van der Waals surface area contributed by atoms with Crippen LogP contribution in [0.1, 0.15) is 12.0 Å². The summed E-state index contributed by atoms with van der Waals surface area (Å²) in [7, 11) is 1.66. The number of hydrogen-bond acceptors (Lipinski definition) is 4. The Balaban J connectivity index is 0.00000320. The van der Waals surface area contributed by atoms with Gasteiger partial charge in [0.2, 0.25) is 5.88 Å². The van der Waals surface area contributed by atoms with E-state index in [-0.39, 0.29) is 42.4 Å². The summed E-state index contributed by atoms with van der Waals surface area (Å²) in [5.74, 6) is 0.541. The Morgan fingerprint density at radius 1 is 1.23 bits per heavy atom. The summed E-state index contributed by atoms with van der Waals surface area (Å²) in [6, 6.07) is 13.7. The van der Waals surface area contributed by atoms with Gasteiger partial charge in [0.1, 0.15) is 0 Å². The van der Waals surface area contributed by atoms with Crippen LogP contribution in [0.15, 0.2) is 53.7 Å². The number of aromatic nitrogens is 1. The molecule has 1 atom stereocenters. The molecule has 6 nitrogen and oxygen atoms in total. The maximum Gasteiger partial charge on any atom is 0.422 e. The smallest absolute Gasteiger partial charge is 0.422 e. The van der Waals surface area contributed by atoms with Crippen LogP contribution in [0.5, 0.6) is 5.88 Å². The molecular formula is C20H25F3IN5O. The zero-order chi connectivity index (χ0) is 20.7. The minimum absolute atomic E-state index is 0. The van der Waals surface area contributed by atoms with Crippen LogP contribution in [0.2, 0.25) is 0 Å². The van der Waals surface area contributed by atoms with Crippen LogP contribution in [0.3, 0.4) is 0 Å². The van der Waals surface area contributed by atoms with Crippen LogP contribution in [0, 0.1) is 0 Å². The standard InChI is InChI=1S/C20H24F3N5O.HI/c1-24-19(27-16-9-11-28(13-16)17-7-3-2-4-8-17)26-12-15-6-5-10-25-18(15)29-14-20(21,22)23;/h2-8,10,16H,9,11-14H2,1H3,(H2,24,26,27);1H. The van der Waals surface area contributed by atoms with Gasteiger partial charge in [-0.3, -0.25) is 4.99 Å². The molecule has 164 valence electrons. The maximum atomic E-state index is 12.4. The van der Waals surface area contributed by atoms with Gasteiger partial charge >= 0.3 is 6.18 Å². The number of ether oxygens (including phenoxy) is 1. The highest BCUT2D eigenvalue weighted by molar-refractivity contribution is 14.0. The van der Waals surface area contributed by atoms with Crippen molar-refractivity contribution in [2.45, 2.75) is 25.2 Å². The molecule has 1 aliphatic heterocycles. The fourth-order valence-corrected chi connectivity index (χ4v) is 3.16. The quantitative estimate of drug-likeness (QED) is 0.337. The Bertz CT molecular complexity index is 820. The van der Waals surface area contributed by atoms with Crippen molar-refractivity contribution in [2.24, 2.45) is 4.99 Å². The molecule has 0 spiro atoms. The van der Waals surface area contributed by atoms with Crippen molar-refractivity contribution in [3.05, 3.63) is 54.2 Å². The SMILES string of the molecule is CN=C(NCc1cccnc1OCC(F)(F)F)NC1CCN(c2ccccc2)C1.I. The van der Waals surface area contributed by atoms with E-state index < -0.39 is 12.8 Å². The molecule has 1 aliphatic rings. The van der Waals surface area contributed by atoms with Gasteiger partial charge in [-0.1, -0.05) is 24.3 Å². The van der Waals surface area contributed by atoms with Crippen molar-refractivity contribution in [1.82, 2.24) is 15.6 Å². The molecule has 0 aliphatic carbocycles. The minimum Gasteiger partial charge on any atom is -0.468 e. The number of rotatable bonds is 6. The molecule has 3 rings (SSSR count). The van der Waals surface area contributed by atoms with E-state index in [0.29, 0.717) is 11.5 Å². The third-order valence-corrected chi connectivity index (χ3v) is 4.54. The summed E-state index contributed by atoms with van der Waals surface area (Å²) in [6.07, 6.45) is -2.05. The Morgan fingerprint density at radius 2 is 2.00 bits per heavy atom. The van der Waals surface area contributed by atoms with Crippen LogP contribution in [0.4, 0.5) is 18.9 Å². The van der Waals surface area contributed by atoms with Crippen LogP contribution < -0.4 is 20.3 Å². The normalized spacial score (nSPS) is 16.7. The van der Waals surface area contributed by atoms with Crippen molar-refractivity contribution < 1.29 is 17.9 Å². The Kier molecular flexibility index (Phi) is 9.00. The summed E-state index contributed by atoms with van der Waals surface area (Å²) < 4.78 is 42.1. The lowest BCUT2D eigenvalue weighted by Gasteiger charge is -2.20. The number of benzene rings is 1. The van der Waals surface area contributed by atoms with E-state index in [4.69, 9.17) is 4.74 Å². The lowest BCUT2D eigenvalue weighted by atomic mass is 10.2. The van der Waals surface area contributed by atoms with Crippen LogP contribution >= 0.6 is 24.0 Å². The lowest BCUT2D eigenvalue weighted by Crippen LogP contribution is -2.44. The van der Waals surface area contributed by atoms with Gasteiger partial charge in [-0.25, -0.2) is 4.98 Å². The van der Waals surface area contributed by atoms with Gasteiger partial charge in [0, 0.05) is 50.2 Å². The zero-order valence-corrected chi connectivity index (χ0v) is 18.9. The summed E-state index contributed by atoms with van der Waals surface area (Å²) >= 11 is 0. The van der Waals surface area contributed by atoms with Gasteiger partial charge in [-0.15, -0.1) is 24.0 Å². The van der Waals surface area contributed by atoms with Crippen LogP contribution in [-0.4, -0.2) is 49.9 Å². The number of guanidine groups is 1. The number of aliphatic imine (C=N–C) groups is 1. The number of nitrogens with one attached hydrogen (secondary N) is 2. The van der Waals surface area contributed by atoms with E-state index in [1.54, 1.807) is 19.2 Å².